The first-order valence-corrected chi connectivity index (χ1v) is 7.61. The highest BCUT2D eigenvalue weighted by Crippen LogP contribution is 2.11. The summed E-state index contributed by atoms with van der Waals surface area (Å²) < 4.78 is 0. The lowest BCUT2D eigenvalue weighted by atomic mass is 10.0. The van der Waals surface area contributed by atoms with Crippen molar-refractivity contribution in [3.05, 3.63) is 35.4 Å². The van der Waals surface area contributed by atoms with E-state index < -0.39 is 0 Å². The highest BCUT2D eigenvalue weighted by molar-refractivity contribution is 6.00. The van der Waals surface area contributed by atoms with E-state index in [-0.39, 0.29) is 24.3 Å². The fraction of sp³-hybridized carbons (Fsp3) is 0.529. The van der Waals surface area contributed by atoms with Crippen molar-refractivity contribution in [1.29, 1.82) is 0 Å². The van der Waals surface area contributed by atoms with Crippen LogP contribution in [-0.4, -0.2) is 42.8 Å². The lowest BCUT2D eigenvalue weighted by Crippen LogP contribution is -2.45. The van der Waals surface area contributed by atoms with Gasteiger partial charge in [-0.15, -0.1) is 0 Å². The van der Waals surface area contributed by atoms with Crippen LogP contribution >= 0.6 is 0 Å². The van der Waals surface area contributed by atoms with E-state index in [1.54, 1.807) is 7.05 Å². The van der Waals surface area contributed by atoms with Gasteiger partial charge in [-0.25, -0.2) is 0 Å². The van der Waals surface area contributed by atoms with Gasteiger partial charge < -0.3 is 5.32 Å². The van der Waals surface area contributed by atoms with Crippen LogP contribution in [0.4, 0.5) is 0 Å². The third-order valence-electron chi connectivity index (χ3n) is 3.71. The number of Topliss-reactive ketones (excluding diaryl/α,β-unsaturated/α-hetero) is 1. The maximum atomic E-state index is 12.6. The van der Waals surface area contributed by atoms with Gasteiger partial charge in [0.2, 0.25) is 5.91 Å². The van der Waals surface area contributed by atoms with Crippen LogP contribution in [0.15, 0.2) is 24.3 Å². The van der Waals surface area contributed by atoms with Crippen LogP contribution in [0.3, 0.4) is 0 Å². The number of benzene rings is 1. The van der Waals surface area contributed by atoms with Crippen LogP contribution < -0.4 is 5.32 Å². The molecule has 0 spiro atoms. The molecule has 0 heterocycles. The summed E-state index contributed by atoms with van der Waals surface area (Å²) in [6, 6.07) is 7.43. The topological polar surface area (TPSA) is 49.4 Å². The van der Waals surface area contributed by atoms with Crippen molar-refractivity contribution in [3.8, 4) is 0 Å². The number of nitrogens with one attached hydrogen (secondary N) is 1. The molecule has 1 aromatic carbocycles. The number of carbonyl (C=O) groups is 2. The molecule has 116 valence electrons. The van der Waals surface area contributed by atoms with Crippen molar-refractivity contribution in [3.63, 3.8) is 0 Å². The minimum Gasteiger partial charge on any atom is -0.358 e. The molecular weight excluding hydrogens is 264 g/mol. The molecule has 1 aromatic rings. The Bertz CT molecular complexity index is 468. The molecule has 0 aromatic heterocycles. The maximum absolute atomic E-state index is 12.6. The molecule has 1 N–H and O–H groups in total. The van der Waals surface area contributed by atoms with E-state index >= 15 is 0 Å². The van der Waals surface area contributed by atoms with Gasteiger partial charge >= 0.3 is 0 Å². The molecule has 0 fully saturated rings. The predicted octanol–water partition coefficient (Wildman–Crippen LogP) is 2.28. The fourth-order valence-electron chi connectivity index (χ4n) is 2.27. The van der Waals surface area contributed by atoms with Crippen molar-refractivity contribution in [2.75, 3.05) is 20.1 Å². The van der Waals surface area contributed by atoms with E-state index in [1.807, 2.05) is 43.0 Å². The average molecular weight is 290 g/mol. The van der Waals surface area contributed by atoms with Crippen LogP contribution in [0.2, 0.25) is 0 Å². The molecule has 21 heavy (non-hydrogen) atoms. The van der Waals surface area contributed by atoms with Gasteiger partial charge in [-0.05, 0) is 31.9 Å². The smallest absolute Gasteiger partial charge is 0.233 e. The molecule has 4 nitrogen and oxygen atoms in total. The predicted molar refractivity (Wildman–Crippen MR) is 85.5 cm³/mol. The largest absolute Gasteiger partial charge is 0.358 e. The number of carbonyl (C=O) groups excluding carboxylic acids is 2. The monoisotopic (exact) mass is 290 g/mol. The number of amides is 1. The van der Waals surface area contributed by atoms with E-state index in [0.717, 1.165) is 19.4 Å². The van der Waals surface area contributed by atoms with E-state index in [9.17, 15) is 9.59 Å². The fourth-order valence-corrected chi connectivity index (χ4v) is 2.27. The van der Waals surface area contributed by atoms with Crippen molar-refractivity contribution in [2.45, 2.75) is 39.7 Å². The quantitative estimate of drug-likeness (QED) is 0.747. The van der Waals surface area contributed by atoms with E-state index in [2.05, 4.69) is 12.2 Å². The summed E-state index contributed by atoms with van der Waals surface area (Å²) >= 11 is 0. The number of likely N-dealkylation sites (N-methyl/N-ethyl adjacent to an activating group) is 1. The molecule has 0 radical (unpaired) electrons. The Morgan fingerprint density at radius 2 is 1.81 bits per heavy atom. The second-order valence-corrected chi connectivity index (χ2v) is 5.23. The zero-order chi connectivity index (χ0) is 15.8. The molecule has 0 aliphatic carbocycles. The average Bonchev–Trinajstić information content (AvgIpc) is 2.52. The Labute approximate surface area is 127 Å². The normalized spacial score (nSPS) is 12.2. The molecule has 1 unspecified atom stereocenters. The Balaban J connectivity index is 2.82. The summed E-state index contributed by atoms with van der Waals surface area (Å²) in [4.78, 5) is 26.1. The van der Waals surface area contributed by atoms with Crippen LogP contribution in [-0.2, 0) is 11.2 Å². The minimum absolute atomic E-state index is 0.0648. The summed E-state index contributed by atoms with van der Waals surface area (Å²) in [6.45, 7) is 6.99. The molecule has 0 bridgehead atoms. The summed E-state index contributed by atoms with van der Waals surface area (Å²) in [6.07, 6.45) is 1.87. The molecule has 0 aliphatic heterocycles. The van der Waals surface area contributed by atoms with E-state index in [1.165, 1.54) is 5.56 Å². The van der Waals surface area contributed by atoms with E-state index in [0.29, 0.717) is 5.56 Å². The third-order valence-corrected chi connectivity index (χ3v) is 3.71. The summed E-state index contributed by atoms with van der Waals surface area (Å²) in [7, 11) is 1.61. The van der Waals surface area contributed by atoms with Gasteiger partial charge in [0, 0.05) is 12.6 Å². The highest BCUT2D eigenvalue weighted by Gasteiger charge is 2.23. The van der Waals surface area contributed by atoms with Gasteiger partial charge in [0.15, 0.2) is 5.78 Å². The van der Waals surface area contributed by atoms with Crippen LogP contribution in [0, 0.1) is 0 Å². The van der Waals surface area contributed by atoms with Gasteiger partial charge in [0.05, 0.1) is 12.6 Å². The standard InChI is InChI=1S/C17H26N2O2/c1-5-11-19(12-16(20)18-4)13(3)17(21)15-9-7-14(6-2)8-10-15/h7-10,13H,5-6,11-12H2,1-4H3,(H,18,20). The number of aryl methyl sites for hydroxylation is 1. The van der Waals surface area contributed by atoms with Crippen molar-refractivity contribution < 1.29 is 9.59 Å². The summed E-state index contributed by atoms with van der Waals surface area (Å²) in [5, 5.41) is 2.61. The molecular formula is C17H26N2O2. The zero-order valence-corrected chi connectivity index (χ0v) is 13.5. The van der Waals surface area contributed by atoms with Crippen molar-refractivity contribution >= 4 is 11.7 Å². The maximum Gasteiger partial charge on any atom is 0.233 e. The van der Waals surface area contributed by atoms with Crippen LogP contribution in [0.5, 0.6) is 0 Å². The lowest BCUT2D eigenvalue weighted by Gasteiger charge is -2.27. The van der Waals surface area contributed by atoms with Crippen molar-refractivity contribution in [2.24, 2.45) is 0 Å². The van der Waals surface area contributed by atoms with E-state index in [4.69, 9.17) is 0 Å². The van der Waals surface area contributed by atoms with Crippen LogP contribution in [0.1, 0.15) is 43.1 Å². The van der Waals surface area contributed by atoms with Gasteiger partial charge in [0.25, 0.3) is 0 Å². The summed E-state index contributed by atoms with van der Waals surface area (Å²) in [5.74, 6) is -0.000521. The van der Waals surface area contributed by atoms with Crippen molar-refractivity contribution in [1.82, 2.24) is 10.2 Å². The first kappa shape index (κ1) is 17.4. The molecule has 1 amide bonds. The van der Waals surface area contributed by atoms with Gasteiger partial charge in [-0.1, -0.05) is 38.1 Å². The van der Waals surface area contributed by atoms with Gasteiger partial charge in [-0.3, -0.25) is 14.5 Å². The number of hydrogen-bond acceptors (Lipinski definition) is 3. The lowest BCUT2D eigenvalue weighted by molar-refractivity contribution is -0.122. The molecule has 1 atom stereocenters. The number of hydrogen-bond donors (Lipinski definition) is 1. The Morgan fingerprint density at radius 1 is 1.19 bits per heavy atom. The Kier molecular flexibility index (Phi) is 7.09. The minimum atomic E-state index is -0.297. The SMILES string of the molecule is CCCN(CC(=O)NC)C(C)C(=O)c1ccc(CC)cc1. The molecule has 1 rings (SSSR count). The second-order valence-electron chi connectivity index (χ2n) is 5.23. The Morgan fingerprint density at radius 3 is 2.29 bits per heavy atom. The third kappa shape index (κ3) is 4.97. The zero-order valence-electron chi connectivity index (χ0n) is 13.5. The molecule has 4 heteroatoms. The number of rotatable bonds is 8. The summed E-state index contributed by atoms with van der Waals surface area (Å²) in [5.41, 5.74) is 1.92. The highest BCUT2D eigenvalue weighted by atomic mass is 16.2. The second kappa shape index (κ2) is 8.57. The molecule has 0 saturated carbocycles. The number of nitrogens with zero attached hydrogens (tertiary/aromatic N) is 1. The molecule has 0 aliphatic rings. The van der Waals surface area contributed by atoms with Gasteiger partial charge in [-0.2, -0.15) is 0 Å². The first-order valence-electron chi connectivity index (χ1n) is 7.61. The van der Waals surface area contributed by atoms with Gasteiger partial charge in [0.1, 0.15) is 0 Å². The first-order chi connectivity index (χ1) is 10.0. The molecule has 0 saturated heterocycles. The Hall–Kier alpha value is -1.68. The number of ketones is 1. The van der Waals surface area contributed by atoms with Crippen LogP contribution in [0.25, 0.3) is 0 Å².